The standard InChI is InChI=1S/C26H23ClN2O4/c27-19-11-21-20(10-18(28-21)12-31-23-14-33-25-22(30)13-32-26(23)25)29-24(19)17-8-6-16(7-9-17)15-4-2-1-3-5-15/h1-11,22-23,25-26,28,30H,12-14H2/t22?,23?,25-,26-/m1/s1. The number of fused-ring (bicyclic) bond motifs is 2. The second-order valence-electron chi connectivity index (χ2n) is 8.50. The fraction of sp³-hybridized carbons (Fsp3) is 0.269. The zero-order chi connectivity index (χ0) is 22.4. The molecule has 0 aliphatic carbocycles. The maximum Gasteiger partial charge on any atom is 0.115 e. The monoisotopic (exact) mass is 462 g/mol. The molecule has 2 aliphatic rings. The number of rotatable bonds is 5. The van der Waals surface area contributed by atoms with Crippen molar-refractivity contribution >= 4 is 22.6 Å². The van der Waals surface area contributed by atoms with Crippen molar-refractivity contribution in [3.63, 3.8) is 0 Å². The average molecular weight is 463 g/mol. The molecule has 6 rings (SSSR count). The molecule has 2 fully saturated rings. The number of benzene rings is 2. The van der Waals surface area contributed by atoms with Gasteiger partial charge in [-0.15, -0.1) is 0 Å². The Labute approximate surface area is 196 Å². The van der Waals surface area contributed by atoms with Crippen molar-refractivity contribution in [2.24, 2.45) is 0 Å². The van der Waals surface area contributed by atoms with Crippen LogP contribution in [0, 0.1) is 0 Å². The summed E-state index contributed by atoms with van der Waals surface area (Å²) in [6.07, 6.45) is -1.30. The van der Waals surface area contributed by atoms with Crippen LogP contribution in [0.2, 0.25) is 5.02 Å². The minimum absolute atomic E-state index is 0.200. The molecule has 168 valence electrons. The van der Waals surface area contributed by atoms with Crippen molar-refractivity contribution in [2.75, 3.05) is 13.2 Å². The third-order valence-electron chi connectivity index (χ3n) is 6.31. The first-order valence-electron chi connectivity index (χ1n) is 11.0. The van der Waals surface area contributed by atoms with Crippen molar-refractivity contribution in [1.82, 2.24) is 9.97 Å². The lowest BCUT2D eigenvalue weighted by molar-refractivity contribution is -0.0446. The van der Waals surface area contributed by atoms with Gasteiger partial charge in [0.2, 0.25) is 0 Å². The first kappa shape index (κ1) is 20.8. The van der Waals surface area contributed by atoms with Crippen molar-refractivity contribution < 1.29 is 19.3 Å². The van der Waals surface area contributed by atoms with Gasteiger partial charge in [0.25, 0.3) is 0 Å². The molecule has 4 aromatic rings. The quantitative estimate of drug-likeness (QED) is 0.453. The Kier molecular flexibility index (Phi) is 5.40. The molecule has 2 aliphatic heterocycles. The van der Waals surface area contributed by atoms with E-state index in [1.807, 2.05) is 42.5 Å². The number of pyridine rings is 1. The van der Waals surface area contributed by atoms with E-state index in [9.17, 15) is 5.11 Å². The fourth-order valence-electron chi connectivity index (χ4n) is 4.60. The lowest BCUT2D eigenvalue weighted by atomic mass is 10.0. The van der Waals surface area contributed by atoms with Crippen LogP contribution in [-0.2, 0) is 20.8 Å². The van der Waals surface area contributed by atoms with E-state index in [0.29, 0.717) is 24.8 Å². The van der Waals surface area contributed by atoms with Crippen molar-refractivity contribution in [1.29, 1.82) is 0 Å². The van der Waals surface area contributed by atoms with E-state index in [2.05, 4.69) is 29.2 Å². The summed E-state index contributed by atoms with van der Waals surface area (Å²) in [5.74, 6) is 0. The van der Waals surface area contributed by atoms with Gasteiger partial charge in [0.1, 0.15) is 24.4 Å². The normalized spacial score (nSPS) is 24.4. The molecule has 2 saturated heterocycles. The van der Waals surface area contributed by atoms with E-state index >= 15 is 0 Å². The molecule has 4 heterocycles. The van der Waals surface area contributed by atoms with Crippen LogP contribution in [0.4, 0.5) is 0 Å². The summed E-state index contributed by atoms with van der Waals surface area (Å²) in [4.78, 5) is 8.14. The summed E-state index contributed by atoms with van der Waals surface area (Å²) in [6, 6.07) is 22.4. The Balaban J connectivity index is 1.20. The summed E-state index contributed by atoms with van der Waals surface area (Å²) in [5.41, 5.74) is 6.61. The molecule has 2 aromatic carbocycles. The molecule has 0 radical (unpaired) electrons. The second kappa shape index (κ2) is 8.56. The van der Waals surface area contributed by atoms with Gasteiger partial charge in [0.15, 0.2) is 0 Å². The molecule has 0 bridgehead atoms. The molecule has 4 atom stereocenters. The van der Waals surface area contributed by atoms with Gasteiger partial charge in [0, 0.05) is 11.3 Å². The lowest BCUT2D eigenvalue weighted by Gasteiger charge is -2.16. The number of aromatic amines is 1. The Hall–Kier alpha value is -2.74. The summed E-state index contributed by atoms with van der Waals surface area (Å²) >= 11 is 6.59. The van der Waals surface area contributed by atoms with Crippen molar-refractivity contribution in [3.05, 3.63) is 77.4 Å². The van der Waals surface area contributed by atoms with Crippen LogP contribution < -0.4 is 0 Å². The van der Waals surface area contributed by atoms with Crippen molar-refractivity contribution in [3.8, 4) is 22.4 Å². The number of nitrogens with zero attached hydrogens (tertiary/aromatic N) is 1. The summed E-state index contributed by atoms with van der Waals surface area (Å²) in [6.45, 7) is 1.07. The summed E-state index contributed by atoms with van der Waals surface area (Å²) in [7, 11) is 0. The smallest absolute Gasteiger partial charge is 0.115 e. The number of halogens is 1. The average Bonchev–Trinajstić information content (AvgIpc) is 3.54. The van der Waals surface area contributed by atoms with Crippen LogP contribution in [0.3, 0.4) is 0 Å². The molecule has 0 saturated carbocycles. The maximum atomic E-state index is 9.88. The Bertz CT molecular complexity index is 1270. The van der Waals surface area contributed by atoms with E-state index in [0.717, 1.165) is 33.5 Å². The Morgan fingerprint density at radius 2 is 1.67 bits per heavy atom. The molecule has 2 aromatic heterocycles. The predicted molar refractivity (Wildman–Crippen MR) is 126 cm³/mol. The molecule has 7 heteroatoms. The van der Waals surface area contributed by atoms with Crippen LogP contribution in [0.1, 0.15) is 5.69 Å². The first-order chi connectivity index (χ1) is 16.2. The minimum Gasteiger partial charge on any atom is -0.388 e. The van der Waals surface area contributed by atoms with Gasteiger partial charge in [-0.3, -0.25) is 0 Å². The summed E-state index contributed by atoms with van der Waals surface area (Å²) in [5, 5.41) is 10.5. The maximum absolute atomic E-state index is 9.88. The van der Waals surface area contributed by atoms with Gasteiger partial charge in [-0.2, -0.15) is 0 Å². The molecule has 0 spiro atoms. The number of aliphatic hydroxyl groups is 1. The van der Waals surface area contributed by atoms with Gasteiger partial charge in [-0.25, -0.2) is 4.98 Å². The van der Waals surface area contributed by atoms with Gasteiger partial charge in [-0.1, -0.05) is 66.2 Å². The molecule has 33 heavy (non-hydrogen) atoms. The SMILES string of the molecule is OC1CO[C@@H]2C(OCc3cc4nc(-c5ccc(-c6ccccc6)cc5)c(Cl)cc4[nH]3)CO[C@H]12. The number of nitrogens with one attached hydrogen (secondary N) is 1. The number of H-pyrrole nitrogens is 1. The number of hydrogen-bond acceptors (Lipinski definition) is 5. The fourth-order valence-corrected chi connectivity index (χ4v) is 4.86. The number of hydrogen-bond donors (Lipinski definition) is 2. The van der Waals surface area contributed by atoms with Crippen molar-refractivity contribution in [2.45, 2.75) is 31.0 Å². The van der Waals surface area contributed by atoms with Gasteiger partial charge >= 0.3 is 0 Å². The molecule has 2 N–H and O–H groups in total. The van der Waals surface area contributed by atoms with E-state index in [4.69, 9.17) is 30.8 Å². The van der Waals surface area contributed by atoms with Crippen LogP contribution in [-0.4, -0.2) is 52.7 Å². The van der Waals surface area contributed by atoms with Gasteiger partial charge < -0.3 is 24.3 Å². The second-order valence-corrected chi connectivity index (χ2v) is 8.91. The molecular formula is C26H23ClN2O4. The molecule has 2 unspecified atom stereocenters. The van der Waals surface area contributed by atoms with Crippen LogP contribution in [0.15, 0.2) is 66.7 Å². The van der Waals surface area contributed by atoms with Crippen LogP contribution in [0.5, 0.6) is 0 Å². The molecule has 6 nitrogen and oxygen atoms in total. The largest absolute Gasteiger partial charge is 0.388 e. The minimum atomic E-state index is -0.580. The third kappa shape index (κ3) is 3.94. The summed E-state index contributed by atoms with van der Waals surface area (Å²) < 4.78 is 17.3. The highest BCUT2D eigenvalue weighted by Crippen LogP contribution is 2.32. The Morgan fingerprint density at radius 3 is 2.48 bits per heavy atom. The van der Waals surface area contributed by atoms with Crippen LogP contribution in [0.25, 0.3) is 33.4 Å². The van der Waals surface area contributed by atoms with E-state index < -0.39 is 6.10 Å². The zero-order valence-corrected chi connectivity index (χ0v) is 18.5. The molecular weight excluding hydrogens is 440 g/mol. The van der Waals surface area contributed by atoms with E-state index in [1.165, 1.54) is 5.56 Å². The van der Waals surface area contributed by atoms with E-state index in [-0.39, 0.29) is 18.3 Å². The predicted octanol–water partition coefficient (Wildman–Crippen LogP) is 4.59. The topological polar surface area (TPSA) is 76.6 Å². The zero-order valence-electron chi connectivity index (χ0n) is 17.8. The van der Waals surface area contributed by atoms with Gasteiger partial charge in [0.05, 0.1) is 41.6 Å². The number of aromatic nitrogens is 2. The number of ether oxygens (including phenoxy) is 3. The van der Waals surface area contributed by atoms with Crippen LogP contribution >= 0.6 is 11.6 Å². The number of aliphatic hydroxyl groups excluding tert-OH is 1. The highest BCUT2D eigenvalue weighted by atomic mass is 35.5. The third-order valence-corrected chi connectivity index (χ3v) is 6.60. The highest BCUT2D eigenvalue weighted by molar-refractivity contribution is 6.33. The van der Waals surface area contributed by atoms with Gasteiger partial charge in [-0.05, 0) is 23.3 Å². The lowest BCUT2D eigenvalue weighted by Crippen LogP contribution is -2.32. The molecule has 0 amide bonds. The van der Waals surface area contributed by atoms with E-state index in [1.54, 1.807) is 0 Å². The first-order valence-corrected chi connectivity index (χ1v) is 11.4. The highest BCUT2D eigenvalue weighted by Gasteiger charge is 2.47. The Morgan fingerprint density at radius 1 is 0.939 bits per heavy atom.